The number of nitrogens with two attached hydrogens (primary N) is 1. The second-order valence-corrected chi connectivity index (χ2v) is 7.39. The minimum Gasteiger partial charge on any atom is -0.497 e. The average molecular weight is 399 g/mol. The molecule has 0 aliphatic carbocycles. The highest BCUT2D eigenvalue weighted by molar-refractivity contribution is 7.16. The van der Waals surface area contributed by atoms with Crippen LogP contribution in [0.15, 0.2) is 29.8 Å². The molecule has 1 unspecified atom stereocenters. The first kappa shape index (κ1) is 18.2. The molecule has 3 N–H and O–H groups in total. The predicted molar refractivity (Wildman–Crippen MR) is 110 cm³/mol. The zero-order valence-electron chi connectivity index (χ0n) is 15.6. The number of piperazine rings is 1. The van der Waals surface area contributed by atoms with E-state index in [1.807, 2.05) is 36.1 Å². The summed E-state index contributed by atoms with van der Waals surface area (Å²) in [6.07, 6.45) is 0. The lowest BCUT2D eigenvalue weighted by Crippen LogP contribution is -2.55. The van der Waals surface area contributed by atoms with Crippen molar-refractivity contribution in [3.8, 4) is 5.75 Å². The molecule has 146 valence electrons. The highest BCUT2D eigenvalue weighted by atomic mass is 32.1. The van der Waals surface area contributed by atoms with E-state index in [4.69, 9.17) is 10.5 Å². The van der Waals surface area contributed by atoms with Gasteiger partial charge in [-0.1, -0.05) is 0 Å². The predicted octanol–water partition coefficient (Wildman–Crippen LogP) is 2.42. The molecule has 1 atom stereocenters. The second-order valence-electron chi connectivity index (χ2n) is 6.56. The summed E-state index contributed by atoms with van der Waals surface area (Å²) >= 11 is 1.44. The van der Waals surface area contributed by atoms with E-state index in [2.05, 4.69) is 25.2 Å². The van der Waals surface area contributed by atoms with Crippen LogP contribution in [0.25, 0.3) is 10.3 Å². The highest BCUT2D eigenvalue weighted by Crippen LogP contribution is 2.28. The number of thiazole rings is 1. The van der Waals surface area contributed by atoms with Crippen LogP contribution in [-0.4, -0.2) is 58.7 Å². The Balaban J connectivity index is 1.45. The van der Waals surface area contributed by atoms with Gasteiger partial charge in [-0.2, -0.15) is 4.98 Å². The molecule has 0 spiro atoms. The van der Waals surface area contributed by atoms with Crippen molar-refractivity contribution in [1.29, 1.82) is 0 Å². The van der Waals surface area contributed by atoms with E-state index < -0.39 is 0 Å². The van der Waals surface area contributed by atoms with Gasteiger partial charge in [-0.05, 0) is 31.2 Å². The normalized spacial score (nSPS) is 17.0. The lowest BCUT2D eigenvalue weighted by atomic mass is 10.2. The molecule has 3 heterocycles. The zero-order valence-corrected chi connectivity index (χ0v) is 16.4. The topological polar surface area (TPSA) is 110 Å². The minimum absolute atomic E-state index is 0.00289. The maximum atomic E-state index is 12.7. The fourth-order valence-electron chi connectivity index (χ4n) is 3.31. The number of fused-ring (bicyclic) bond motifs is 1. The molecule has 4 rings (SSSR count). The number of amides is 2. The molecule has 1 fully saturated rings. The van der Waals surface area contributed by atoms with E-state index in [9.17, 15) is 4.79 Å². The van der Waals surface area contributed by atoms with Crippen molar-refractivity contribution in [2.45, 2.75) is 13.0 Å². The van der Waals surface area contributed by atoms with Crippen molar-refractivity contribution >= 4 is 45.2 Å². The van der Waals surface area contributed by atoms with E-state index in [0.29, 0.717) is 19.6 Å². The van der Waals surface area contributed by atoms with Gasteiger partial charge in [-0.15, -0.1) is 11.3 Å². The van der Waals surface area contributed by atoms with Gasteiger partial charge in [0.05, 0.1) is 12.6 Å². The lowest BCUT2D eigenvalue weighted by molar-refractivity contribution is 0.184. The van der Waals surface area contributed by atoms with Crippen LogP contribution in [0.4, 0.5) is 22.2 Å². The fourth-order valence-corrected chi connectivity index (χ4v) is 3.96. The van der Waals surface area contributed by atoms with Crippen LogP contribution in [0.1, 0.15) is 6.92 Å². The number of ether oxygens (including phenoxy) is 1. The molecule has 3 aromatic rings. The minimum atomic E-state index is -0.127. The molecule has 1 aromatic carbocycles. The van der Waals surface area contributed by atoms with Crippen molar-refractivity contribution in [1.82, 2.24) is 19.9 Å². The number of benzene rings is 1. The Labute approximate surface area is 166 Å². The van der Waals surface area contributed by atoms with Crippen LogP contribution in [0, 0.1) is 0 Å². The van der Waals surface area contributed by atoms with Gasteiger partial charge in [0.25, 0.3) is 0 Å². The molecule has 9 nitrogen and oxygen atoms in total. The van der Waals surface area contributed by atoms with E-state index in [1.54, 1.807) is 12.6 Å². The molecule has 28 heavy (non-hydrogen) atoms. The third-order valence-electron chi connectivity index (χ3n) is 4.73. The van der Waals surface area contributed by atoms with Gasteiger partial charge in [0.2, 0.25) is 5.95 Å². The molecule has 0 radical (unpaired) electrons. The maximum absolute atomic E-state index is 12.7. The van der Waals surface area contributed by atoms with Gasteiger partial charge >= 0.3 is 6.03 Å². The number of nitrogens with one attached hydrogen (secondary N) is 1. The number of aromatic nitrogens is 3. The van der Waals surface area contributed by atoms with E-state index in [1.165, 1.54) is 11.3 Å². The third kappa shape index (κ3) is 3.50. The smallest absolute Gasteiger partial charge is 0.322 e. The Kier molecular flexibility index (Phi) is 4.86. The van der Waals surface area contributed by atoms with Gasteiger partial charge in [-0.3, -0.25) is 0 Å². The Bertz CT molecular complexity index is 991. The van der Waals surface area contributed by atoms with Crippen molar-refractivity contribution in [2.75, 3.05) is 42.7 Å². The number of hydrogen-bond donors (Lipinski definition) is 2. The Hall–Kier alpha value is -3.14. The Morgan fingerprint density at radius 2 is 2.07 bits per heavy atom. The van der Waals surface area contributed by atoms with Crippen molar-refractivity contribution in [2.24, 2.45) is 0 Å². The molecular formula is C18H21N7O2S. The summed E-state index contributed by atoms with van der Waals surface area (Å²) in [6.45, 7) is 3.86. The molecule has 1 saturated heterocycles. The van der Waals surface area contributed by atoms with Gasteiger partial charge in [0.15, 0.2) is 10.6 Å². The van der Waals surface area contributed by atoms with Gasteiger partial charge in [0, 0.05) is 31.4 Å². The van der Waals surface area contributed by atoms with Crippen LogP contribution >= 0.6 is 11.3 Å². The van der Waals surface area contributed by atoms with E-state index in [-0.39, 0.29) is 18.0 Å². The molecule has 2 aromatic heterocycles. The number of methoxy groups -OCH3 is 1. The van der Waals surface area contributed by atoms with Gasteiger partial charge < -0.3 is 25.6 Å². The monoisotopic (exact) mass is 399 g/mol. The Morgan fingerprint density at radius 3 is 2.79 bits per heavy atom. The third-order valence-corrected chi connectivity index (χ3v) is 5.44. The van der Waals surface area contributed by atoms with Crippen molar-refractivity contribution in [3.05, 3.63) is 29.8 Å². The number of carbonyl (C=O) groups excluding carboxylic acids is 1. The van der Waals surface area contributed by atoms with Gasteiger partial charge in [-0.25, -0.2) is 14.8 Å². The van der Waals surface area contributed by atoms with Crippen LogP contribution in [-0.2, 0) is 0 Å². The summed E-state index contributed by atoms with van der Waals surface area (Å²) in [7, 11) is 1.61. The van der Waals surface area contributed by atoms with Crippen molar-refractivity contribution in [3.63, 3.8) is 0 Å². The van der Waals surface area contributed by atoms with Crippen LogP contribution in [0.2, 0.25) is 0 Å². The van der Waals surface area contributed by atoms with Gasteiger partial charge in [0.1, 0.15) is 11.3 Å². The number of urea groups is 1. The van der Waals surface area contributed by atoms with E-state index in [0.717, 1.165) is 27.6 Å². The summed E-state index contributed by atoms with van der Waals surface area (Å²) < 4.78 is 5.14. The molecular weight excluding hydrogens is 378 g/mol. The summed E-state index contributed by atoms with van der Waals surface area (Å²) in [5.41, 5.74) is 9.08. The summed E-state index contributed by atoms with van der Waals surface area (Å²) in [5, 5.41) is 2.94. The standard InChI is InChI=1S/C18H21N7O2S/c1-11-9-24(15-14-16(28-10-20-14)23-17(19)22-15)7-8-25(11)18(26)21-12-3-5-13(27-2)6-4-12/h3-6,10-11H,7-9H2,1-2H3,(H,21,26)(H2,19,22,23). The lowest BCUT2D eigenvalue weighted by Gasteiger charge is -2.40. The summed E-state index contributed by atoms with van der Waals surface area (Å²) in [6, 6.07) is 7.14. The van der Waals surface area contributed by atoms with Crippen LogP contribution in [0.5, 0.6) is 5.75 Å². The number of carbonyl (C=O) groups is 1. The number of nitrogens with zero attached hydrogens (tertiary/aromatic N) is 5. The maximum Gasteiger partial charge on any atom is 0.322 e. The SMILES string of the molecule is COc1ccc(NC(=O)N2CCN(c3nc(N)nc4scnc34)CC2C)cc1. The molecule has 0 bridgehead atoms. The zero-order chi connectivity index (χ0) is 19.7. The summed E-state index contributed by atoms with van der Waals surface area (Å²) in [4.78, 5) is 30.4. The average Bonchev–Trinajstić information content (AvgIpc) is 3.16. The van der Waals surface area contributed by atoms with Crippen molar-refractivity contribution < 1.29 is 9.53 Å². The first-order chi connectivity index (χ1) is 13.5. The number of anilines is 3. The largest absolute Gasteiger partial charge is 0.497 e. The number of nitrogen functional groups attached to an aromatic ring is 1. The first-order valence-electron chi connectivity index (χ1n) is 8.88. The number of rotatable bonds is 3. The molecule has 1 aliphatic heterocycles. The molecule has 10 heteroatoms. The highest BCUT2D eigenvalue weighted by Gasteiger charge is 2.29. The molecule has 1 aliphatic rings. The first-order valence-corrected chi connectivity index (χ1v) is 9.76. The quantitative estimate of drug-likeness (QED) is 0.696. The fraction of sp³-hybridized carbons (Fsp3) is 0.333. The Morgan fingerprint density at radius 1 is 1.29 bits per heavy atom. The van der Waals surface area contributed by atoms with E-state index >= 15 is 0 Å². The molecule has 2 amide bonds. The second kappa shape index (κ2) is 7.47. The van der Waals surface area contributed by atoms with Crippen LogP contribution in [0.3, 0.4) is 0 Å². The van der Waals surface area contributed by atoms with Crippen LogP contribution < -0.4 is 20.7 Å². The molecule has 0 saturated carbocycles. The number of hydrogen-bond acceptors (Lipinski definition) is 8. The summed E-state index contributed by atoms with van der Waals surface area (Å²) in [5.74, 6) is 1.71.